The molecule has 4 unspecified atom stereocenters. The number of rotatable bonds is 7. The fraction of sp³-hybridized carbons (Fsp3) is 0.577. The van der Waals surface area contributed by atoms with Gasteiger partial charge in [0, 0.05) is 42.2 Å². The molecule has 1 aliphatic carbocycles. The van der Waals surface area contributed by atoms with Crippen LogP contribution in [0, 0.1) is 18.8 Å². The van der Waals surface area contributed by atoms with Crippen molar-refractivity contribution in [1.29, 1.82) is 0 Å². The Hall–Kier alpha value is -2.67. The van der Waals surface area contributed by atoms with Crippen LogP contribution in [0.4, 0.5) is 0 Å². The number of hydrogen-bond donors (Lipinski definition) is 1. The maximum atomic E-state index is 12.3. The topological polar surface area (TPSA) is 76.6 Å². The van der Waals surface area contributed by atoms with E-state index in [9.17, 15) is 4.79 Å². The molecule has 176 valence electrons. The van der Waals surface area contributed by atoms with Crippen LogP contribution < -0.4 is 14.8 Å². The lowest BCUT2D eigenvalue weighted by Crippen LogP contribution is -2.56. The number of amides is 1. The number of aromatic nitrogens is 2. The number of aryl methyl sites for hydroxylation is 1. The Morgan fingerprint density at radius 2 is 1.94 bits per heavy atom. The zero-order chi connectivity index (χ0) is 22.9. The molecule has 7 nitrogen and oxygen atoms in total. The van der Waals surface area contributed by atoms with Crippen molar-refractivity contribution in [2.45, 2.75) is 51.0 Å². The van der Waals surface area contributed by atoms with Gasteiger partial charge in [0.15, 0.2) is 11.5 Å². The van der Waals surface area contributed by atoms with Crippen LogP contribution >= 0.6 is 0 Å². The van der Waals surface area contributed by atoms with Gasteiger partial charge in [-0.15, -0.1) is 0 Å². The molecule has 1 N–H and O–H groups in total. The van der Waals surface area contributed by atoms with E-state index in [1.54, 1.807) is 14.2 Å². The van der Waals surface area contributed by atoms with Crippen LogP contribution in [0.15, 0.2) is 24.3 Å². The maximum absolute atomic E-state index is 12.3. The first-order chi connectivity index (χ1) is 16.1. The predicted octanol–water partition coefficient (Wildman–Crippen LogP) is 3.56. The number of hydrogen-bond acceptors (Lipinski definition) is 6. The number of methoxy groups -OCH3 is 2. The summed E-state index contributed by atoms with van der Waals surface area (Å²) in [6.07, 6.45) is 5.61. The third-order valence-electron chi connectivity index (χ3n) is 7.78. The zero-order valence-electron chi connectivity index (χ0n) is 19.8. The smallest absolute Gasteiger partial charge is 0.223 e. The molecule has 3 saturated heterocycles. The normalized spacial score (nSPS) is 26.5. The molecule has 4 atom stereocenters. The number of carbonyl (C=O) groups excluding carboxylic acids is 1. The Kier molecular flexibility index (Phi) is 6.23. The van der Waals surface area contributed by atoms with Crippen LogP contribution in [0.2, 0.25) is 0 Å². The minimum absolute atomic E-state index is 0.256. The third kappa shape index (κ3) is 4.43. The van der Waals surface area contributed by atoms with E-state index in [4.69, 9.17) is 19.4 Å². The van der Waals surface area contributed by atoms with Crippen molar-refractivity contribution in [2.75, 3.05) is 33.9 Å². The van der Waals surface area contributed by atoms with E-state index in [0.717, 1.165) is 61.7 Å². The third-order valence-corrected chi connectivity index (χ3v) is 7.78. The highest BCUT2D eigenvalue weighted by Crippen LogP contribution is 2.42. The van der Waals surface area contributed by atoms with Gasteiger partial charge in [0.05, 0.1) is 19.9 Å². The van der Waals surface area contributed by atoms with Gasteiger partial charge in [0.1, 0.15) is 5.82 Å². The number of nitrogens with one attached hydrogen (secondary N) is 1. The molecule has 0 spiro atoms. The second kappa shape index (κ2) is 9.29. The van der Waals surface area contributed by atoms with E-state index in [1.807, 2.05) is 25.1 Å². The highest BCUT2D eigenvalue weighted by atomic mass is 16.5. The lowest BCUT2D eigenvalue weighted by atomic mass is 9.74. The van der Waals surface area contributed by atoms with Crippen LogP contribution in [-0.2, 0) is 4.79 Å². The van der Waals surface area contributed by atoms with Crippen molar-refractivity contribution in [2.24, 2.45) is 11.8 Å². The number of benzene rings is 1. The maximum Gasteiger partial charge on any atom is 0.223 e. The summed E-state index contributed by atoms with van der Waals surface area (Å²) < 4.78 is 10.9. The molecule has 33 heavy (non-hydrogen) atoms. The summed E-state index contributed by atoms with van der Waals surface area (Å²) in [5.74, 6) is 3.70. The molecule has 2 bridgehead atoms. The molecule has 6 rings (SSSR count). The van der Waals surface area contributed by atoms with Crippen molar-refractivity contribution in [3.05, 3.63) is 35.8 Å². The molecule has 1 saturated carbocycles. The Labute approximate surface area is 195 Å². The molecule has 2 aromatic rings. The summed E-state index contributed by atoms with van der Waals surface area (Å²) in [6, 6.07) is 8.50. The second-order valence-electron chi connectivity index (χ2n) is 9.71. The average Bonchev–Trinajstić information content (AvgIpc) is 2.81. The summed E-state index contributed by atoms with van der Waals surface area (Å²) in [7, 11) is 3.29. The summed E-state index contributed by atoms with van der Waals surface area (Å²) in [5, 5.41) is 3.23. The molecule has 4 fully saturated rings. The summed E-state index contributed by atoms with van der Waals surface area (Å²) in [4.78, 5) is 24.4. The zero-order valence-corrected chi connectivity index (χ0v) is 19.8. The molecule has 4 aliphatic rings. The minimum atomic E-state index is 0.256. The fourth-order valence-corrected chi connectivity index (χ4v) is 5.64. The average molecular weight is 451 g/mol. The molecular formula is C26H34N4O3. The first-order valence-electron chi connectivity index (χ1n) is 12.2. The molecule has 3 aliphatic heterocycles. The highest BCUT2D eigenvalue weighted by Gasteiger charge is 2.41. The van der Waals surface area contributed by atoms with E-state index in [-0.39, 0.29) is 11.8 Å². The van der Waals surface area contributed by atoms with Gasteiger partial charge in [-0.05, 0) is 69.3 Å². The Bertz CT molecular complexity index is 1020. The molecule has 1 aromatic heterocycles. The van der Waals surface area contributed by atoms with Crippen LogP contribution in [0.5, 0.6) is 11.5 Å². The van der Waals surface area contributed by atoms with Crippen LogP contribution in [0.25, 0.3) is 11.3 Å². The van der Waals surface area contributed by atoms with Gasteiger partial charge in [-0.3, -0.25) is 9.69 Å². The first-order valence-corrected chi connectivity index (χ1v) is 12.2. The monoisotopic (exact) mass is 450 g/mol. The lowest BCUT2D eigenvalue weighted by Gasteiger charge is -2.50. The highest BCUT2D eigenvalue weighted by molar-refractivity contribution is 5.79. The number of nitrogens with zero attached hydrogens (tertiary/aromatic N) is 3. The number of fused-ring (bicyclic) bond motifs is 3. The summed E-state index contributed by atoms with van der Waals surface area (Å²) in [5.41, 5.74) is 3.04. The summed E-state index contributed by atoms with van der Waals surface area (Å²) >= 11 is 0. The van der Waals surface area contributed by atoms with E-state index >= 15 is 0 Å². The number of piperidine rings is 3. The molecule has 1 amide bonds. The molecule has 1 aromatic carbocycles. The predicted molar refractivity (Wildman–Crippen MR) is 126 cm³/mol. The molecular weight excluding hydrogens is 416 g/mol. The Morgan fingerprint density at radius 1 is 1.12 bits per heavy atom. The van der Waals surface area contributed by atoms with Crippen molar-refractivity contribution >= 4 is 5.91 Å². The number of ether oxygens (including phenoxy) is 2. The van der Waals surface area contributed by atoms with Crippen molar-refractivity contribution in [1.82, 2.24) is 20.2 Å². The van der Waals surface area contributed by atoms with Gasteiger partial charge in [0.25, 0.3) is 0 Å². The van der Waals surface area contributed by atoms with Gasteiger partial charge in [-0.25, -0.2) is 9.97 Å². The second-order valence-corrected chi connectivity index (χ2v) is 9.71. The quantitative estimate of drug-likeness (QED) is 0.695. The van der Waals surface area contributed by atoms with Crippen molar-refractivity contribution in [3.63, 3.8) is 0 Å². The number of carbonyl (C=O) groups is 1. The van der Waals surface area contributed by atoms with Crippen LogP contribution in [0.1, 0.15) is 49.5 Å². The van der Waals surface area contributed by atoms with Gasteiger partial charge in [-0.1, -0.05) is 6.42 Å². The molecule has 4 heterocycles. The van der Waals surface area contributed by atoms with E-state index in [0.29, 0.717) is 29.4 Å². The van der Waals surface area contributed by atoms with Gasteiger partial charge >= 0.3 is 0 Å². The Morgan fingerprint density at radius 3 is 2.61 bits per heavy atom. The Balaban J connectivity index is 1.31. The fourth-order valence-electron chi connectivity index (χ4n) is 5.64. The summed E-state index contributed by atoms with van der Waals surface area (Å²) in [6.45, 7) is 4.85. The standard InChI is InChI=1S/C26H34N4O3/c1-16-28-22(19-7-8-24(32-2)25(12-19)33-3)13-23(29-16)21-15-30-10-9-18(21)11-20(30)14-27-26(31)17-5-4-6-17/h7-8,12-13,17-18,20-21H,4-6,9-11,14-15H2,1-3H3,(H,27,31). The van der Waals surface area contributed by atoms with Crippen molar-refractivity contribution in [3.8, 4) is 22.8 Å². The minimum Gasteiger partial charge on any atom is -0.493 e. The largest absolute Gasteiger partial charge is 0.493 e. The van der Waals surface area contributed by atoms with Gasteiger partial charge in [-0.2, -0.15) is 0 Å². The van der Waals surface area contributed by atoms with Crippen molar-refractivity contribution < 1.29 is 14.3 Å². The SMILES string of the molecule is COc1ccc(-c2cc(C3CN4CCC3CC4CNC(=O)C3CCC3)nc(C)n2)cc1OC. The van der Waals surface area contributed by atoms with Gasteiger partial charge in [0.2, 0.25) is 5.91 Å². The van der Waals surface area contributed by atoms with E-state index in [2.05, 4.69) is 16.3 Å². The first kappa shape index (κ1) is 22.1. The molecule has 7 heteroatoms. The van der Waals surface area contributed by atoms with Crippen LogP contribution in [0.3, 0.4) is 0 Å². The van der Waals surface area contributed by atoms with E-state index in [1.165, 1.54) is 12.8 Å². The van der Waals surface area contributed by atoms with Crippen LogP contribution in [-0.4, -0.2) is 60.7 Å². The van der Waals surface area contributed by atoms with E-state index < -0.39 is 0 Å². The molecule has 0 radical (unpaired) electrons. The lowest BCUT2D eigenvalue weighted by molar-refractivity contribution is -0.127. The van der Waals surface area contributed by atoms with Gasteiger partial charge < -0.3 is 14.8 Å².